The number of fused-ring (bicyclic) bond motifs is 1. The summed E-state index contributed by atoms with van der Waals surface area (Å²) in [7, 11) is 0. The van der Waals surface area contributed by atoms with Crippen molar-refractivity contribution >= 4 is 23.4 Å². The van der Waals surface area contributed by atoms with Gasteiger partial charge in [-0.15, -0.1) is 0 Å². The van der Waals surface area contributed by atoms with Crippen LogP contribution in [0.4, 0.5) is 4.39 Å². The van der Waals surface area contributed by atoms with E-state index in [1.165, 1.54) is 10.9 Å². The van der Waals surface area contributed by atoms with E-state index in [2.05, 4.69) is 15.0 Å². The Morgan fingerprint density at radius 3 is 2.85 bits per heavy atom. The summed E-state index contributed by atoms with van der Waals surface area (Å²) in [6.45, 7) is -0.451. The zero-order valence-electron chi connectivity index (χ0n) is 9.97. The van der Waals surface area contributed by atoms with Crippen molar-refractivity contribution in [1.82, 2.24) is 19.5 Å². The summed E-state index contributed by atoms with van der Waals surface area (Å²) in [5, 5.41) is 28.7. The number of aromatic amines is 1. The van der Waals surface area contributed by atoms with Gasteiger partial charge in [0.05, 0.1) is 12.9 Å². The first kappa shape index (κ1) is 13.5. The minimum atomic E-state index is -1.29. The van der Waals surface area contributed by atoms with Gasteiger partial charge in [0.25, 0.3) is 6.08 Å². The highest BCUT2D eigenvalue weighted by Gasteiger charge is 2.43. The van der Waals surface area contributed by atoms with Crippen LogP contribution in [-0.4, -0.2) is 59.8 Å². The summed E-state index contributed by atoms with van der Waals surface area (Å²) in [6.07, 6.45) is -4.09. The predicted octanol–water partition coefficient (Wildman–Crippen LogP) is -0.761. The Bertz CT molecular complexity index is 704. The van der Waals surface area contributed by atoms with Gasteiger partial charge in [-0.05, 0) is 0 Å². The van der Waals surface area contributed by atoms with Gasteiger partial charge in [-0.2, -0.15) is 9.37 Å². The lowest BCUT2D eigenvalue weighted by Gasteiger charge is -2.16. The third kappa shape index (κ3) is 1.93. The maximum Gasteiger partial charge on any atom is 0.289 e. The zero-order chi connectivity index (χ0) is 14.4. The second-order valence-corrected chi connectivity index (χ2v) is 4.80. The highest BCUT2D eigenvalue weighted by atomic mass is 32.1. The molecule has 1 aliphatic rings. The Kier molecular flexibility index (Phi) is 3.26. The summed E-state index contributed by atoms with van der Waals surface area (Å²) in [5.74, 6) is 0. The van der Waals surface area contributed by atoms with Gasteiger partial charge in [0.1, 0.15) is 29.5 Å². The molecule has 2 aromatic rings. The summed E-state index contributed by atoms with van der Waals surface area (Å²) in [5.41, 5.74) is 0.427. The zero-order valence-corrected chi connectivity index (χ0v) is 10.8. The van der Waals surface area contributed by atoms with Gasteiger partial charge in [0, 0.05) is 0 Å². The van der Waals surface area contributed by atoms with Gasteiger partial charge in [0.2, 0.25) is 0 Å². The molecule has 0 spiro atoms. The number of nitrogens with one attached hydrogen (secondary N) is 1. The van der Waals surface area contributed by atoms with Crippen molar-refractivity contribution in [2.24, 2.45) is 0 Å². The minimum Gasteiger partial charge on any atom is -0.394 e. The van der Waals surface area contributed by atoms with Gasteiger partial charge in [-0.25, -0.2) is 4.98 Å². The molecule has 1 saturated heterocycles. The molecule has 0 bridgehead atoms. The summed E-state index contributed by atoms with van der Waals surface area (Å²) >= 11 is 4.89. The molecule has 3 rings (SSSR count). The molecule has 0 aliphatic carbocycles. The highest BCUT2D eigenvalue weighted by molar-refractivity contribution is 7.71. The molecule has 1 aliphatic heterocycles. The lowest BCUT2D eigenvalue weighted by Crippen LogP contribution is -2.33. The third-order valence-corrected chi connectivity index (χ3v) is 3.49. The molecule has 4 atom stereocenters. The number of aliphatic hydroxyl groups excluding tert-OH is 3. The third-order valence-electron chi connectivity index (χ3n) is 3.21. The minimum absolute atomic E-state index is 0.0262. The van der Waals surface area contributed by atoms with Gasteiger partial charge >= 0.3 is 0 Å². The van der Waals surface area contributed by atoms with Crippen LogP contribution in [0.15, 0.2) is 6.33 Å². The number of ether oxygens (including phenoxy) is 1. The quantitative estimate of drug-likeness (QED) is 0.425. The number of aromatic nitrogens is 4. The van der Waals surface area contributed by atoms with Crippen molar-refractivity contribution in [3.05, 3.63) is 17.0 Å². The standard InChI is InChI=1S/C10H11FN4O4S/c11-10-13-7-4(8(20)14-10)12-2-15(7)9-6(18)5(17)3(1-16)19-9/h2-3,5-6,9,16-18H,1H2,(H,13,14,20). The highest BCUT2D eigenvalue weighted by Crippen LogP contribution is 2.31. The first-order valence-corrected chi connectivity index (χ1v) is 6.18. The lowest BCUT2D eigenvalue weighted by molar-refractivity contribution is -0.0511. The molecule has 108 valence electrons. The van der Waals surface area contributed by atoms with Crippen LogP contribution in [0.3, 0.4) is 0 Å². The first-order chi connectivity index (χ1) is 9.52. The predicted molar refractivity (Wildman–Crippen MR) is 65.7 cm³/mol. The Morgan fingerprint density at radius 1 is 1.45 bits per heavy atom. The molecule has 2 aromatic heterocycles. The van der Waals surface area contributed by atoms with Crippen molar-refractivity contribution in [3.8, 4) is 0 Å². The maximum absolute atomic E-state index is 13.3. The fraction of sp³-hybridized carbons (Fsp3) is 0.500. The van der Waals surface area contributed by atoms with Gasteiger partial charge in [-0.3, -0.25) is 9.55 Å². The van der Waals surface area contributed by atoms with Crippen LogP contribution < -0.4 is 0 Å². The SMILES string of the molecule is OCC1OC(n2cnc3c(=S)nc(F)[nH]c32)C(O)C1O. The number of rotatable bonds is 2. The normalized spacial score (nSPS) is 30.2. The summed E-state index contributed by atoms with van der Waals surface area (Å²) in [4.78, 5) is 9.75. The Hall–Kier alpha value is -1.46. The number of halogens is 1. The Labute approximate surface area is 116 Å². The average molecular weight is 302 g/mol. The average Bonchev–Trinajstić information content (AvgIpc) is 2.93. The van der Waals surface area contributed by atoms with Crippen LogP contribution in [0.25, 0.3) is 11.2 Å². The molecule has 1 fully saturated rings. The van der Waals surface area contributed by atoms with E-state index in [1.807, 2.05) is 0 Å². The van der Waals surface area contributed by atoms with E-state index in [9.17, 15) is 14.6 Å². The van der Waals surface area contributed by atoms with Crippen molar-refractivity contribution in [2.75, 3.05) is 6.61 Å². The molecular weight excluding hydrogens is 291 g/mol. The van der Waals surface area contributed by atoms with Crippen LogP contribution in [0.5, 0.6) is 0 Å². The van der Waals surface area contributed by atoms with Gasteiger partial charge in [-0.1, -0.05) is 12.2 Å². The number of H-pyrrole nitrogens is 1. The van der Waals surface area contributed by atoms with E-state index in [-0.39, 0.29) is 15.8 Å². The van der Waals surface area contributed by atoms with Crippen LogP contribution in [0, 0.1) is 10.7 Å². The molecule has 0 amide bonds. The lowest BCUT2D eigenvalue weighted by atomic mass is 10.1. The fourth-order valence-electron chi connectivity index (χ4n) is 2.21. The largest absolute Gasteiger partial charge is 0.394 e. The van der Waals surface area contributed by atoms with Crippen molar-refractivity contribution in [2.45, 2.75) is 24.5 Å². The fourth-order valence-corrected chi connectivity index (χ4v) is 2.44. The van der Waals surface area contributed by atoms with Crippen LogP contribution in [0.1, 0.15) is 6.23 Å². The van der Waals surface area contributed by atoms with Crippen molar-refractivity contribution in [1.29, 1.82) is 0 Å². The summed E-state index contributed by atoms with van der Waals surface area (Å²) in [6, 6.07) is 0. The number of aliphatic hydroxyl groups is 3. The molecule has 4 unspecified atom stereocenters. The smallest absolute Gasteiger partial charge is 0.289 e. The van der Waals surface area contributed by atoms with Crippen molar-refractivity contribution < 1.29 is 24.4 Å². The van der Waals surface area contributed by atoms with E-state index in [0.717, 1.165) is 0 Å². The Morgan fingerprint density at radius 2 is 2.20 bits per heavy atom. The van der Waals surface area contributed by atoms with E-state index in [4.69, 9.17) is 22.1 Å². The number of hydrogen-bond donors (Lipinski definition) is 4. The van der Waals surface area contributed by atoms with E-state index in [1.54, 1.807) is 0 Å². The molecule has 10 heteroatoms. The monoisotopic (exact) mass is 302 g/mol. The Balaban J connectivity index is 2.09. The molecule has 4 N–H and O–H groups in total. The summed E-state index contributed by atoms with van der Waals surface area (Å²) < 4.78 is 19.9. The van der Waals surface area contributed by atoms with Crippen molar-refractivity contribution in [3.63, 3.8) is 0 Å². The second kappa shape index (κ2) is 4.82. The van der Waals surface area contributed by atoms with E-state index in [0.29, 0.717) is 0 Å². The molecule has 0 radical (unpaired) electrons. The molecular formula is C10H11FN4O4S. The first-order valence-electron chi connectivity index (χ1n) is 5.77. The molecule has 8 nitrogen and oxygen atoms in total. The molecule has 3 heterocycles. The van der Waals surface area contributed by atoms with Gasteiger partial charge < -0.3 is 20.1 Å². The van der Waals surface area contributed by atoms with Crippen LogP contribution in [0.2, 0.25) is 0 Å². The molecule has 0 saturated carbocycles. The second-order valence-electron chi connectivity index (χ2n) is 4.41. The van der Waals surface area contributed by atoms with Gasteiger partial charge in [0.15, 0.2) is 10.9 Å². The number of nitrogens with zero attached hydrogens (tertiary/aromatic N) is 3. The van der Waals surface area contributed by atoms with Crippen LogP contribution in [-0.2, 0) is 4.74 Å². The topological polar surface area (TPSA) is 116 Å². The van der Waals surface area contributed by atoms with E-state index >= 15 is 0 Å². The molecule has 20 heavy (non-hydrogen) atoms. The molecule has 0 aromatic carbocycles. The van der Waals surface area contributed by atoms with E-state index < -0.39 is 37.2 Å². The number of imidazole rings is 1. The van der Waals surface area contributed by atoms with Crippen LogP contribution >= 0.6 is 12.2 Å². The maximum atomic E-state index is 13.3. The number of hydrogen-bond acceptors (Lipinski definition) is 7.